The Hall–Kier alpha value is -5.28. The average Bonchev–Trinajstić information content (AvgIpc) is 3.57. The van der Waals surface area contributed by atoms with E-state index in [4.69, 9.17) is 4.42 Å². The van der Waals surface area contributed by atoms with Gasteiger partial charge < -0.3 is 29.8 Å². The Labute approximate surface area is 228 Å². The van der Waals surface area contributed by atoms with Gasteiger partial charge in [-0.25, -0.2) is 9.78 Å². The second-order valence-electron chi connectivity index (χ2n) is 8.67. The third-order valence-corrected chi connectivity index (χ3v) is 5.73. The van der Waals surface area contributed by atoms with Crippen LogP contribution >= 0.6 is 0 Å². The zero-order chi connectivity index (χ0) is 29.2. The number of carbonyl (C=O) groups is 2. The highest BCUT2D eigenvalue weighted by Gasteiger charge is 2.65. The number of aryl methyl sites for hydroxylation is 1. The van der Waals surface area contributed by atoms with Crippen LogP contribution in [0.3, 0.4) is 0 Å². The molecule has 12 nitrogen and oxygen atoms in total. The highest BCUT2D eigenvalue weighted by Crippen LogP contribution is 2.47. The molecule has 4 aromatic rings. The van der Waals surface area contributed by atoms with E-state index < -0.39 is 35.7 Å². The van der Waals surface area contributed by atoms with E-state index in [0.29, 0.717) is 17.1 Å². The number of amides is 3. The van der Waals surface area contributed by atoms with Crippen LogP contribution in [0.25, 0.3) is 0 Å². The SMILES string of the molecule is Cn1ncc(C(=O)Nc2ccc3c(c2)OC(F)(F)C(F)(F)O3)c1NCc1ccnc(NC(=O)NCc2ccco2)c1. The Morgan fingerprint density at radius 1 is 0.976 bits per heavy atom. The van der Waals surface area contributed by atoms with Crippen LogP contribution in [0.15, 0.2) is 65.5 Å². The summed E-state index contributed by atoms with van der Waals surface area (Å²) in [6.07, 6.45) is -5.46. The van der Waals surface area contributed by atoms with E-state index >= 15 is 0 Å². The number of benzene rings is 1. The monoisotopic (exact) mass is 575 g/mol. The fraction of sp³-hybridized carbons (Fsp3) is 0.200. The Morgan fingerprint density at radius 2 is 1.76 bits per heavy atom. The number of fused-ring (bicyclic) bond motifs is 1. The first-order valence-electron chi connectivity index (χ1n) is 11.9. The van der Waals surface area contributed by atoms with Gasteiger partial charge in [-0.3, -0.25) is 14.8 Å². The zero-order valence-corrected chi connectivity index (χ0v) is 21.1. The lowest BCUT2D eigenvalue weighted by Crippen LogP contribution is -2.52. The highest BCUT2D eigenvalue weighted by molar-refractivity contribution is 6.07. The van der Waals surface area contributed by atoms with Crippen molar-refractivity contribution < 1.29 is 41.0 Å². The molecule has 4 heterocycles. The standard InChI is InChI=1S/C25H21F4N7O5/c1-36-21(31-11-14-6-7-30-20(9-14)35-23(38)32-12-16-3-2-8-39-16)17(13-33-36)22(37)34-15-4-5-18-19(10-15)41-25(28,29)24(26,27)40-18/h2-10,13,31H,11-12H2,1H3,(H,34,37)(H2,30,32,35,38). The average molecular weight is 575 g/mol. The molecule has 3 amide bonds. The van der Waals surface area contributed by atoms with Crippen molar-refractivity contribution in [1.82, 2.24) is 20.1 Å². The first kappa shape index (κ1) is 27.3. The maximum absolute atomic E-state index is 13.5. The number of nitrogens with one attached hydrogen (secondary N) is 4. The Balaban J connectivity index is 1.21. The van der Waals surface area contributed by atoms with Crippen LogP contribution in [0.5, 0.6) is 11.5 Å². The number of urea groups is 1. The maximum atomic E-state index is 13.5. The Morgan fingerprint density at radius 3 is 2.51 bits per heavy atom. The molecule has 214 valence electrons. The number of carbonyl (C=O) groups excluding carboxylic acids is 2. The predicted octanol–water partition coefficient (Wildman–Crippen LogP) is 4.55. The number of hydrogen-bond donors (Lipinski definition) is 4. The summed E-state index contributed by atoms with van der Waals surface area (Å²) >= 11 is 0. The van der Waals surface area contributed by atoms with Crippen molar-refractivity contribution in [3.8, 4) is 11.5 Å². The molecule has 0 aliphatic carbocycles. The molecular formula is C25H21F4N7O5. The van der Waals surface area contributed by atoms with Gasteiger partial charge in [-0.2, -0.15) is 22.7 Å². The molecule has 0 saturated carbocycles. The summed E-state index contributed by atoms with van der Waals surface area (Å²) < 4.78 is 68.6. The molecule has 1 aliphatic heterocycles. The molecule has 4 N–H and O–H groups in total. The number of nitrogens with zero attached hydrogens (tertiary/aromatic N) is 3. The van der Waals surface area contributed by atoms with Gasteiger partial charge in [0.1, 0.15) is 23.0 Å². The summed E-state index contributed by atoms with van der Waals surface area (Å²) in [5.74, 6) is -0.759. The number of aromatic nitrogens is 3. The molecule has 0 fully saturated rings. The number of pyridine rings is 1. The highest BCUT2D eigenvalue weighted by atomic mass is 19.3. The maximum Gasteiger partial charge on any atom is 0.507 e. The molecule has 1 aliphatic rings. The van der Waals surface area contributed by atoms with E-state index in [1.165, 1.54) is 29.4 Å². The molecule has 0 unspecified atom stereocenters. The molecule has 0 saturated heterocycles. The third-order valence-electron chi connectivity index (χ3n) is 5.73. The minimum atomic E-state index is -4.89. The van der Waals surface area contributed by atoms with Gasteiger partial charge in [-0.15, -0.1) is 0 Å². The summed E-state index contributed by atoms with van der Waals surface area (Å²) in [6, 6.07) is 9.38. The van der Waals surface area contributed by atoms with Gasteiger partial charge in [0.15, 0.2) is 11.5 Å². The first-order valence-corrected chi connectivity index (χ1v) is 11.9. The number of anilines is 3. The third kappa shape index (κ3) is 6.00. The fourth-order valence-electron chi connectivity index (χ4n) is 3.74. The summed E-state index contributed by atoms with van der Waals surface area (Å²) in [6.45, 7) is 0.401. The lowest BCUT2D eigenvalue weighted by Gasteiger charge is -2.31. The minimum absolute atomic E-state index is 0.0108. The summed E-state index contributed by atoms with van der Waals surface area (Å²) in [7, 11) is 1.59. The van der Waals surface area contributed by atoms with Crippen molar-refractivity contribution >= 4 is 29.3 Å². The second-order valence-corrected chi connectivity index (χ2v) is 8.67. The fourth-order valence-corrected chi connectivity index (χ4v) is 3.74. The predicted molar refractivity (Wildman–Crippen MR) is 135 cm³/mol. The van der Waals surface area contributed by atoms with E-state index in [1.54, 1.807) is 31.3 Å². The lowest BCUT2D eigenvalue weighted by molar-refractivity contribution is -0.391. The van der Waals surface area contributed by atoms with Gasteiger partial charge in [-0.05, 0) is 42.0 Å². The zero-order valence-electron chi connectivity index (χ0n) is 21.1. The topological polar surface area (TPSA) is 145 Å². The Kier molecular flexibility index (Phi) is 7.13. The van der Waals surface area contributed by atoms with Crippen molar-refractivity contribution in [2.75, 3.05) is 16.0 Å². The summed E-state index contributed by atoms with van der Waals surface area (Å²) in [5.41, 5.74) is 0.797. The van der Waals surface area contributed by atoms with Crippen LogP contribution in [0.2, 0.25) is 0 Å². The van der Waals surface area contributed by atoms with Crippen molar-refractivity contribution in [1.29, 1.82) is 0 Å². The van der Waals surface area contributed by atoms with E-state index in [0.717, 1.165) is 12.1 Å². The van der Waals surface area contributed by atoms with Gasteiger partial charge in [0.25, 0.3) is 5.91 Å². The molecule has 5 rings (SSSR count). The van der Waals surface area contributed by atoms with E-state index in [2.05, 4.69) is 40.8 Å². The smallest absolute Gasteiger partial charge is 0.467 e. The number of halogens is 4. The van der Waals surface area contributed by atoms with Gasteiger partial charge in [0.2, 0.25) is 0 Å². The van der Waals surface area contributed by atoms with Crippen molar-refractivity contribution in [2.24, 2.45) is 7.05 Å². The normalized spacial score (nSPS) is 14.7. The molecular weight excluding hydrogens is 554 g/mol. The van der Waals surface area contributed by atoms with Crippen molar-refractivity contribution in [2.45, 2.75) is 25.3 Å². The van der Waals surface area contributed by atoms with E-state index in [1.807, 2.05) is 0 Å². The van der Waals surface area contributed by atoms with Gasteiger partial charge in [0.05, 0.1) is 19.0 Å². The number of ether oxygens (including phenoxy) is 2. The van der Waals surface area contributed by atoms with Crippen LogP contribution in [-0.2, 0) is 20.1 Å². The molecule has 41 heavy (non-hydrogen) atoms. The lowest BCUT2D eigenvalue weighted by atomic mass is 10.2. The van der Waals surface area contributed by atoms with Crippen LogP contribution in [0.4, 0.5) is 39.7 Å². The Bertz CT molecular complexity index is 1580. The summed E-state index contributed by atoms with van der Waals surface area (Å²) in [4.78, 5) is 29.2. The number of rotatable bonds is 8. The van der Waals surface area contributed by atoms with E-state index in [-0.39, 0.29) is 30.2 Å². The summed E-state index contributed by atoms with van der Waals surface area (Å²) in [5, 5.41) is 14.9. The van der Waals surface area contributed by atoms with Crippen molar-refractivity contribution in [3.05, 3.63) is 78.0 Å². The molecule has 1 aromatic carbocycles. The quantitative estimate of drug-likeness (QED) is 0.224. The van der Waals surface area contributed by atoms with Crippen LogP contribution < -0.4 is 30.7 Å². The molecule has 0 spiro atoms. The molecule has 0 radical (unpaired) electrons. The van der Waals surface area contributed by atoms with Gasteiger partial charge in [0, 0.05) is 31.5 Å². The van der Waals surface area contributed by atoms with Crippen LogP contribution in [0.1, 0.15) is 21.7 Å². The van der Waals surface area contributed by atoms with Gasteiger partial charge in [-0.1, -0.05) is 0 Å². The number of furan rings is 1. The molecule has 0 bridgehead atoms. The minimum Gasteiger partial charge on any atom is -0.467 e. The molecule has 0 atom stereocenters. The van der Waals surface area contributed by atoms with Gasteiger partial charge >= 0.3 is 18.2 Å². The largest absolute Gasteiger partial charge is 0.507 e. The number of alkyl halides is 4. The van der Waals surface area contributed by atoms with E-state index in [9.17, 15) is 27.2 Å². The molecule has 16 heteroatoms. The van der Waals surface area contributed by atoms with Crippen molar-refractivity contribution in [3.63, 3.8) is 0 Å². The van der Waals surface area contributed by atoms with Crippen LogP contribution in [-0.4, -0.2) is 38.9 Å². The van der Waals surface area contributed by atoms with Crippen LogP contribution in [0, 0.1) is 0 Å². The first-order chi connectivity index (χ1) is 19.5. The second kappa shape index (κ2) is 10.7. The molecule has 3 aromatic heterocycles. The number of hydrogen-bond acceptors (Lipinski definition) is 8.